The maximum Gasteiger partial charge on any atom is 0.189 e. The molecule has 1 aliphatic carbocycles. The molecule has 0 unspecified atom stereocenters. The average Bonchev–Trinajstić information content (AvgIpc) is 3.04. The molecule has 0 bridgehead atoms. The van der Waals surface area contributed by atoms with E-state index < -0.39 is 0 Å². The summed E-state index contributed by atoms with van der Waals surface area (Å²) in [5.74, 6) is 0.553. The number of hydrogen-bond donors (Lipinski definition) is 3. The summed E-state index contributed by atoms with van der Waals surface area (Å²) in [6, 6.07) is 8.82. The van der Waals surface area contributed by atoms with Crippen molar-refractivity contribution in [3.63, 3.8) is 0 Å². The second kappa shape index (κ2) is 7.49. The fraction of sp³-hybridized carbons (Fsp3) is 0.400. The number of halogens is 2. The van der Waals surface area contributed by atoms with Crippen LogP contribution in [0.25, 0.3) is 10.9 Å². The van der Waals surface area contributed by atoms with Crippen molar-refractivity contribution in [2.45, 2.75) is 38.3 Å². The molecule has 1 aromatic heterocycles. The van der Waals surface area contributed by atoms with Crippen molar-refractivity contribution in [1.29, 1.82) is 0 Å². The van der Waals surface area contributed by atoms with Crippen LogP contribution in [0.5, 0.6) is 0 Å². The van der Waals surface area contributed by atoms with Gasteiger partial charge in [-0.3, -0.25) is 0 Å². The number of aromatic nitrogens is 1. The predicted octanol–water partition coefficient (Wildman–Crippen LogP) is 3.90. The Bertz CT molecular complexity index is 632. The van der Waals surface area contributed by atoms with Gasteiger partial charge in [-0.2, -0.15) is 0 Å². The van der Waals surface area contributed by atoms with E-state index in [0.29, 0.717) is 18.5 Å². The van der Waals surface area contributed by atoms with Gasteiger partial charge in [0.1, 0.15) is 0 Å². The number of aliphatic imine (C=N–C) groups is 1. The number of aromatic amines is 1. The van der Waals surface area contributed by atoms with E-state index in [2.05, 4.69) is 49.4 Å². The Balaban J connectivity index is 0.00000161. The van der Waals surface area contributed by atoms with Crippen LogP contribution in [-0.4, -0.2) is 17.0 Å². The molecular weight excluding hydrogens is 443 g/mol. The second-order valence-electron chi connectivity index (χ2n) is 5.35. The minimum Gasteiger partial charge on any atom is -0.370 e. The number of benzene rings is 1. The molecular formula is C15H20BrIN4. The van der Waals surface area contributed by atoms with Crippen LogP contribution in [0, 0.1) is 0 Å². The van der Waals surface area contributed by atoms with Gasteiger partial charge in [-0.15, -0.1) is 24.0 Å². The Hall–Kier alpha value is -0.760. The molecule has 0 aliphatic heterocycles. The summed E-state index contributed by atoms with van der Waals surface area (Å²) >= 11 is 3.48. The van der Waals surface area contributed by atoms with E-state index in [9.17, 15) is 0 Å². The molecule has 4 nitrogen and oxygen atoms in total. The van der Waals surface area contributed by atoms with Crippen molar-refractivity contribution in [2.75, 3.05) is 0 Å². The van der Waals surface area contributed by atoms with Crippen molar-refractivity contribution in [3.05, 3.63) is 34.4 Å². The highest BCUT2D eigenvalue weighted by Gasteiger charge is 2.14. The highest BCUT2D eigenvalue weighted by atomic mass is 127. The first-order chi connectivity index (χ1) is 9.70. The van der Waals surface area contributed by atoms with Gasteiger partial charge in [-0.25, -0.2) is 4.99 Å². The summed E-state index contributed by atoms with van der Waals surface area (Å²) in [5, 5.41) is 4.49. The van der Waals surface area contributed by atoms with E-state index in [4.69, 9.17) is 5.73 Å². The van der Waals surface area contributed by atoms with Gasteiger partial charge in [0.25, 0.3) is 0 Å². The van der Waals surface area contributed by atoms with Crippen LogP contribution in [0.4, 0.5) is 0 Å². The minimum absolute atomic E-state index is 0. The molecule has 21 heavy (non-hydrogen) atoms. The summed E-state index contributed by atoms with van der Waals surface area (Å²) in [5.41, 5.74) is 8.14. The zero-order valence-electron chi connectivity index (χ0n) is 11.7. The van der Waals surface area contributed by atoms with E-state index in [1.165, 1.54) is 31.1 Å². The number of hydrogen-bond acceptors (Lipinski definition) is 1. The summed E-state index contributed by atoms with van der Waals surface area (Å²) in [7, 11) is 0. The van der Waals surface area contributed by atoms with Crippen molar-refractivity contribution >= 4 is 56.8 Å². The van der Waals surface area contributed by atoms with Crippen molar-refractivity contribution in [2.24, 2.45) is 10.7 Å². The number of nitrogens with two attached hydrogens (primary N) is 1. The molecule has 1 heterocycles. The molecule has 0 spiro atoms. The minimum atomic E-state index is 0. The molecule has 0 atom stereocenters. The molecule has 1 fully saturated rings. The van der Waals surface area contributed by atoms with Crippen molar-refractivity contribution < 1.29 is 0 Å². The molecule has 1 aliphatic rings. The first-order valence-electron chi connectivity index (χ1n) is 7.04. The largest absolute Gasteiger partial charge is 0.370 e. The molecule has 0 saturated heterocycles. The van der Waals surface area contributed by atoms with E-state index >= 15 is 0 Å². The standard InChI is InChI=1S/C15H19BrN4.HI/c16-11-5-6-14-10(7-11)8-13(19-14)9-18-15(17)20-12-3-1-2-4-12;/h5-8,12,19H,1-4,9H2,(H3,17,18,20);1H. The Morgan fingerprint density at radius 3 is 2.86 bits per heavy atom. The second-order valence-corrected chi connectivity index (χ2v) is 6.27. The molecule has 1 saturated carbocycles. The maximum absolute atomic E-state index is 5.94. The molecule has 2 aromatic rings. The van der Waals surface area contributed by atoms with Crippen LogP contribution in [0.2, 0.25) is 0 Å². The lowest BCUT2D eigenvalue weighted by Crippen LogP contribution is -2.38. The topological polar surface area (TPSA) is 66.2 Å². The molecule has 6 heteroatoms. The smallest absolute Gasteiger partial charge is 0.189 e. The normalized spacial score (nSPS) is 16.1. The third-order valence-corrected chi connectivity index (χ3v) is 4.26. The zero-order valence-corrected chi connectivity index (χ0v) is 15.6. The predicted molar refractivity (Wildman–Crippen MR) is 102 cm³/mol. The molecule has 1 aromatic carbocycles. The Labute approximate surface area is 150 Å². The number of nitrogens with zero attached hydrogens (tertiary/aromatic N) is 1. The van der Waals surface area contributed by atoms with Crippen LogP contribution in [0.1, 0.15) is 31.4 Å². The van der Waals surface area contributed by atoms with Crippen LogP contribution >= 0.6 is 39.9 Å². The van der Waals surface area contributed by atoms with Gasteiger partial charge in [-0.1, -0.05) is 28.8 Å². The highest BCUT2D eigenvalue weighted by Crippen LogP contribution is 2.21. The van der Waals surface area contributed by atoms with Crippen molar-refractivity contribution in [3.8, 4) is 0 Å². The monoisotopic (exact) mass is 462 g/mol. The first kappa shape index (κ1) is 16.6. The Kier molecular flexibility index (Phi) is 5.92. The van der Waals surface area contributed by atoms with Gasteiger partial charge < -0.3 is 16.0 Å². The van der Waals surface area contributed by atoms with Gasteiger partial charge in [0.05, 0.1) is 6.54 Å². The highest BCUT2D eigenvalue weighted by molar-refractivity contribution is 14.0. The van der Waals surface area contributed by atoms with Gasteiger partial charge in [0.2, 0.25) is 0 Å². The van der Waals surface area contributed by atoms with Crippen molar-refractivity contribution in [1.82, 2.24) is 10.3 Å². The van der Waals surface area contributed by atoms with E-state index in [-0.39, 0.29) is 24.0 Å². The molecule has 114 valence electrons. The lowest BCUT2D eigenvalue weighted by molar-refractivity contribution is 0.625. The van der Waals surface area contributed by atoms with Crippen LogP contribution in [0.3, 0.4) is 0 Å². The third-order valence-electron chi connectivity index (χ3n) is 3.77. The summed E-state index contributed by atoms with van der Waals surface area (Å²) in [6.07, 6.45) is 5.00. The molecule has 3 rings (SSSR count). The number of nitrogens with one attached hydrogen (secondary N) is 2. The lowest BCUT2D eigenvalue weighted by atomic mass is 10.2. The van der Waals surface area contributed by atoms with Gasteiger partial charge >= 0.3 is 0 Å². The van der Waals surface area contributed by atoms with E-state index in [1.54, 1.807) is 0 Å². The number of H-pyrrole nitrogens is 1. The lowest BCUT2D eigenvalue weighted by Gasteiger charge is -2.11. The fourth-order valence-electron chi connectivity index (χ4n) is 2.74. The van der Waals surface area contributed by atoms with E-state index in [1.807, 2.05) is 6.07 Å². The Morgan fingerprint density at radius 2 is 2.10 bits per heavy atom. The Morgan fingerprint density at radius 1 is 1.33 bits per heavy atom. The van der Waals surface area contributed by atoms with Crippen LogP contribution in [0.15, 0.2) is 33.7 Å². The van der Waals surface area contributed by atoms with Gasteiger partial charge in [0.15, 0.2) is 5.96 Å². The van der Waals surface area contributed by atoms with Gasteiger partial charge in [-0.05, 0) is 37.1 Å². The molecule has 0 radical (unpaired) electrons. The fourth-order valence-corrected chi connectivity index (χ4v) is 3.12. The number of rotatable bonds is 3. The van der Waals surface area contributed by atoms with Crippen LogP contribution < -0.4 is 11.1 Å². The summed E-state index contributed by atoms with van der Waals surface area (Å²) < 4.78 is 1.08. The molecule has 0 amide bonds. The number of guanidine groups is 1. The molecule has 4 N–H and O–H groups in total. The quantitative estimate of drug-likeness (QED) is 0.368. The zero-order chi connectivity index (χ0) is 13.9. The first-order valence-corrected chi connectivity index (χ1v) is 7.83. The van der Waals surface area contributed by atoms with E-state index in [0.717, 1.165) is 15.7 Å². The van der Waals surface area contributed by atoms with Crippen LogP contribution in [-0.2, 0) is 6.54 Å². The third kappa shape index (κ3) is 4.35. The SMILES string of the molecule is I.NC(=NCc1cc2cc(Br)ccc2[nH]1)NC1CCCC1. The average molecular weight is 463 g/mol. The maximum atomic E-state index is 5.94. The number of fused-ring (bicyclic) bond motifs is 1. The summed E-state index contributed by atoms with van der Waals surface area (Å²) in [6.45, 7) is 0.581. The summed E-state index contributed by atoms with van der Waals surface area (Å²) in [4.78, 5) is 7.78. The van der Waals surface area contributed by atoms with Gasteiger partial charge in [0, 0.05) is 27.1 Å².